The van der Waals surface area contributed by atoms with E-state index in [2.05, 4.69) is 0 Å². The fourth-order valence-corrected chi connectivity index (χ4v) is 3.71. The van der Waals surface area contributed by atoms with E-state index in [9.17, 15) is 4.79 Å². The van der Waals surface area contributed by atoms with Crippen LogP contribution in [0.5, 0.6) is 5.75 Å². The van der Waals surface area contributed by atoms with Gasteiger partial charge in [-0.1, -0.05) is 24.4 Å². The molecule has 0 aromatic heterocycles. The van der Waals surface area contributed by atoms with Crippen molar-refractivity contribution in [3.63, 3.8) is 0 Å². The average molecular weight is 306 g/mol. The molecule has 1 amide bonds. The molecule has 1 fully saturated rings. The van der Waals surface area contributed by atoms with Crippen LogP contribution in [0, 0.1) is 0 Å². The standard InChI is InChI=1S/C14H14N2O2S2/c1-3-15-9-7-5-6-8-10(9)18-13(15)11-12(17)16(4-2)14(19)20-11/h5-8H,3-4H2,1-2H3. The smallest absolute Gasteiger partial charge is 0.271 e. The van der Waals surface area contributed by atoms with E-state index < -0.39 is 0 Å². The van der Waals surface area contributed by atoms with E-state index in [0.717, 1.165) is 18.0 Å². The van der Waals surface area contributed by atoms with Crippen molar-refractivity contribution in [2.45, 2.75) is 13.8 Å². The van der Waals surface area contributed by atoms with Crippen molar-refractivity contribution in [2.24, 2.45) is 0 Å². The summed E-state index contributed by atoms with van der Waals surface area (Å²) >= 11 is 6.56. The molecule has 1 saturated heterocycles. The van der Waals surface area contributed by atoms with Gasteiger partial charge in [-0.25, -0.2) is 0 Å². The van der Waals surface area contributed by atoms with Gasteiger partial charge in [-0.05, 0) is 37.7 Å². The van der Waals surface area contributed by atoms with Crippen LogP contribution >= 0.6 is 24.0 Å². The Morgan fingerprint density at radius 3 is 2.55 bits per heavy atom. The summed E-state index contributed by atoms with van der Waals surface area (Å²) in [4.78, 5) is 16.6. The van der Waals surface area contributed by atoms with Crippen molar-refractivity contribution in [2.75, 3.05) is 18.0 Å². The second kappa shape index (κ2) is 5.10. The van der Waals surface area contributed by atoms with E-state index in [-0.39, 0.29) is 5.91 Å². The Kier molecular flexibility index (Phi) is 3.43. The number of nitrogens with zero attached hydrogens (tertiary/aromatic N) is 2. The first-order valence-electron chi connectivity index (χ1n) is 6.49. The van der Waals surface area contributed by atoms with Gasteiger partial charge in [0.1, 0.15) is 9.23 Å². The number of likely N-dealkylation sites (N-methyl/N-ethyl adjacent to an activating group) is 1. The molecule has 1 aromatic rings. The quantitative estimate of drug-likeness (QED) is 0.620. The van der Waals surface area contributed by atoms with Gasteiger partial charge in [-0.15, -0.1) is 0 Å². The van der Waals surface area contributed by atoms with Crippen molar-refractivity contribution >= 4 is 39.9 Å². The van der Waals surface area contributed by atoms with Gasteiger partial charge < -0.3 is 9.64 Å². The lowest BCUT2D eigenvalue weighted by Gasteiger charge is -2.16. The van der Waals surface area contributed by atoms with Gasteiger partial charge in [0.25, 0.3) is 5.91 Å². The molecule has 104 valence electrons. The van der Waals surface area contributed by atoms with Gasteiger partial charge in [-0.2, -0.15) is 0 Å². The molecule has 0 N–H and O–H groups in total. The van der Waals surface area contributed by atoms with Gasteiger partial charge in [0.2, 0.25) is 5.88 Å². The number of benzene rings is 1. The predicted molar refractivity (Wildman–Crippen MR) is 84.7 cm³/mol. The minimum absolute atomic E-state index is 0.0660. The number of anilines is 1. The van der Waals surface area contributed by atoms with Crippen molar-refractivity contribution < 1.29 is 9.53 Å². The number of amides is 1. The molecule has 2 heterocycles. The summed E-state index contributed by atoms with van der Waals surface area (Å²) < 4.78 is 6.48. The van der Waals surface area contributed by atoms with E-state index >= 15 is 0 Å². The van der Waals surface area contributed by atoms with E-state index in [4.69, 9.17) is 17.0 Å². The maximum absolute atomic E-state index is 12.4. The van der Waals surface area contributed by atoms with Gasteiger partial charge in [0, 0.05) is 13.1 Å². The zero-order valence-corrected chi connectivity index (χ0v) is 12.9. The molecule has 0 bridgehead atoms. The molecule has 2 aliphatic heterocycles. The number of hydrogen-bond acceptors (Lipinski definition) is 5. The fraction of sp³-hybridized carbons (Fsp3) is 0.286. The molecular weight excluding hydrogens is 292 g/mol. The Morgan fingerprint density at radius 1 is 1.20 bits per heavy atom. The molecule has 0 atom stereocenters. The number of carbonyl (C=O) groups is 1. The normalized spacial score (nSPS) is 21.5. The second-order valence-electron chi connectivity index (χ2n) is 4.37. The third-order valence-electron chi connectivity index (χ3n) is 3.28. The monoisotopic (exact) mass is 306 g/mol. The van der Waals surface area contributed by atoms with Gasteiger partial charge >= 0.3 is 0 Å². The Hall–Kier alpha value is -1.53. The number of para-hydroxylation sites is 2. The molecule has 2 aliphatic rings. The number of carbonyl (C=O) groups excluding carboxylic acids is 1. The first-order valence-corrected chi connectivity index (χ1v) is 7.72. The van der Waals surface area contributed by atoms with E-state index in [0.29, 0.717) is 21.7 Å². The number of ether oxygens (including phenoxy) is 1. The summed E-state index contributed by atoms with van der Waals surface area (Å²) in [6.45, 7) is 5.27. The van der Waals surface area contributed by atoms with Crippen molar-refractivity contribution in [3.05, 3.63) is 35.1 Å². The van der Waals surface area contributed by atoms with Gasteiger partial charge in [0.05, 0.1) is 5.69 Å². The van der Waals surface area contributed by atoms with Crippen molar-refractivity contribution in [1.29, 1.82) is 0 Å². The third kappa shape index (κ3) is 1.91. The predicted octanol–water partition coefficient (Wildman–Crippen LogP) is 2.95. The highest BCUT2D eigenvalue weighted by Gasteiger charge is 2.38. The van der Waals surface area contributed by atoms with Crippen LogP contribution in [0.1, 0.15) is 13.8 Å². The molecule has 0 aliphatic carbocycles. The zero-order valence-electron chi connectivity index (χ0n) is 11.3. The average Bonchev–Trinajstić information content (AvgIpc) is 2.95. The minimum Gasteiger partial charge on any atom is -0.437 e. The van der Waals surface area contributed by atoms with Crippen LogP contribution < -0.4 is 9.64 Å². The highest BCUT2D eigenvalue weighted by molar-refractivity contribution is 8.26. The SMILES string of the molecule is CCN1C(=O)C(=C2Oc3ccccc3N2CC)SC1=S. The van der Waals surface area contributed by atoms with Crippen LogP contribution in [0.4, 0.5) is 5.69 Å². The van der Waals surface area contributed by atoms with Crippen LogP contribution in [0.15, 0.2) is 35.1 Å². The summed E-state index contributed by atoms with van der Waals surface area (Å²) in [5.74, 6) is 1.32. The zero-order chi connectivity index (χ0) is 14.3. The lowest BCUT2D eigenvalue weighted by molar-refractivity contribution is -0.122. The molecule has 6 heteroatoms. The maximum atomic E-state index is 12.4. The molecule has 4 nitrogen and oxygen atoms in total. The molecule has 0 radical (unpaired) electrons. The van der Waals surface area contributed by atoms with Crippen LogP contribution in [0.2, 0.25) is 0 Å². The van der Waals surface area contributed by atoms with Gasteiger partial charge in [-0.3, -0.25) is 9.69 Å². The van der Waals surface area contributed by atoms with E-state index in [1.54, 1.807) is 4.90 Å². The molecular formula is C14H14N2O2S2. The lowest BCUT2D eigenvalue weighted by atomic mass is 10.3. The summed E-state index contributed by atoms with van der Waals surface area (Å²) in [6.07, 6.45) is 0. The Balaban J connectivity index is 2.06. The van der Waals surface area contributed by atoms with Crippen LogP contribution in [0.3, 0.4) is 0 Å². The molecule has 0 saturated carbocycles. The van der Waals surface area contributed by atoms with Crippen LogP contribution in [-0.4, -0.2) is 28.2 Å². The summed E-state index contributed by atoms with van der Waals surface area (Å²) in [5, 5.41) is 0. The largest absolute Gasteiger partial charge is 0.437 e. The first kappa shape index (κ1) is 13.5. The molecule has 0 spiro atoms. The first-order chi connectivity index (χ1) is 9.67. The van der Waals surface area contributed by atoms with E-state index in [1.165, 1.54) is 11.8 Å². The summed E-state index contributed by atoms with van der Waals surface area (Å²) in [6, 6.07) is 7.79. The summed E-state index contributed by atoms with van der Waals surface area (Å²) in [7, 11) is 0. The highest BCUT2D eigenvalue weighted by atomic mass is 32.2. The summed E-state index contributed by atoms with van der Waals surface area (Å²) in [5.41, 5.74) is 0.992. The fourth-order valence-electron chi connectivity index (χ4n) is 2.32. The molecule has 20 heavy (non-hydrogen) atoms. The lowest BCUT2D eigenvalue weighted by Crippen LogP contribution is -2.29. The van der Waals surface area contributed by atoms with Crippen LogP contribution in [-0.2, 0) is 4.79 Å². The topological polar surface area (TPSA) is 32.8 Å². The molecule has 1 aromatic carbocycles. The Bertz CT molecular complexity index is 627. The second-order valence-corrected chi connectivity index (χ2v) is 6.01. The Morgan fingerprint density at radius 2 is 1.90 bits per heavy atom. The van der Waals surface area contributed by atoms with E-state index in [1.807, 2.05) is 43.0 Å². The molecule has 0 unspecified atom stereocenters. The van der Waals surface area contributed by atoms with Gasteiger partial charge in [0.15, 0.2) is 5.75 Å². The maximum Gasteiger partial charge on any atom is 0.271 e. The number of hydrogen-bond donors (Lipinski definition) is 0. The number of thiocarbonyl (C=S) groups is 1. The molecule has 3 rings (SSSR count). The number of rotatable bonds is 2. The van der Waals surface area contributed by atoms with Crippen molar-refractivity contribution in [1.82, 2.24) is 4.90 Å². The highest BCUT2D eigenvalue weighted by Crippen LogP contribution is 2.43. The number of fused-ring (bicyclic) bond motifs is 1. The minimum atomic E-state index is -0.0660. The number of thioether (sulfide) groups is 1. The Labute approximate surface area is 127 Å². The third-order valence-corrected chi connectivity index (χ3v) is 4.70. The van der Waals surface area contributed by atoms with Crippen molar-refractivity contribution in [3.8, 4) is 5.75 Å². The van der Waals surface area contributed by atoms with Crippen LogP contribution in [0.25, 0.3) is 0 Å².